The second-order valence-electron chi connectivity index (χ2n) is 7.15. The molecule has 7 nitrogen and oxygen atoms in total. The highest BCUT2D eigenvalue weighted by molar-refractivity contribution is 5.93. The fraction of sp³-hybridized carbons (Fsp3) is 0.348. The molecule has 160 valence electrons. The molecule has 30 heavy (non-hydrogen) atoms. The summed E-state index contributed by atoms with van der Waals surface area (Å²) in [4.78, 5) is 29.2. The van der Waals surface area contributed by atoms with Crippen LogP contribution in [0.15, 0.2) is 53.5 Å². The normalized spacial score (nSPS) is 11.0. The van der Waals surface area contributed by atoms with E-state index in [1.54, 1.807) is 19.0 Å². The molecule has 2 rings (SSSR count). The predicted molar refractivity (Wildman–Crippen MR) is 122 cm³/mol. The van der Waals surface area contributed by atoms with Crippen LogP contribution >= 0.6 is 0 Å². The van der Waals surface area contributed by atoms with Gasteiger partial charge in [-0.3, -0.25) is 9.59 Å². The Balaban J connectivity index is 1.88. The number of nitrogens with zero attached hydrogens (tertiary/aromatic N) is 2. The molecule has 0 fully saturated rings. The summed E-state index contributed by atoms with van der Waals surface area (Å²) >= 11 is 0. The number of carbonyl (C=O) groups excluding carboxylic acids is 2. The van der Waals surface area contributed by atoms with Crippen LogP contribution in [-0.2, 0) is 17.8 Å². The molecule has 0 spiro atoms. The first-order valence-corrected chi connectivity index (χ1v) is 10.1. The first-order chi connectivity index (χ1) is 14.4. The van der Waals surface area contributed by atoms with Crippen LogP contribution in [0, 0.1) is 0 Å². The zero-order valence-corrected chi connectivity index (χ0v) is 18.2. The smallest absolute Gasteiger partial charge is 0.253 e. The van der Waals surface area contributed by atoms with Gasteiger partial charge in [0, 0.05) is 45.4 Å². The van der Waals surface area contributed by atoms with Crippen molar-refractivity contribution in [3.05, 3.63) is 65.2 Å². The SMILES string of the molecule is CCNC(=NCc1ccc(C(=O)N(C)C)cc1)NCCc1ccc(NC(C)=O)cc1. The zero-order valence-electron chi connectivity index (χ0n) is 18.2. The van der Waals surface area contributed by atoms with Crippen molar-refractivity contribution in [1.82, 2.24) is 15.5 Å². The van der Waals surface area contributed by atoms with Crippen LogP contribution in [0.1, 0.15) is 35.3 Å². The number of rotatable bonds is 8. The van der Waals surface area contributed by atoms with Gasteiger partial charge < -0.3 is 20.9 Å². The van der Waals surface area contributed by atoms with Crippen molar-refractivity contribution < 1.29 is 9.59 Å². The standard InChI is InChI=1S/C23H31N5O2/c1-5-24-23(25-15-14-18-8-12-21(13-9-18)27-17(2)29)26-16-19-6-10-20(11-7-19)22(30)28(3)4/h6-13H,5,14-16H2,1-4H3,(H,27,29)(H2,24,25,26). The largest absolute Gasteiger partial charge is 0.357 e. The van der Waals surface area contributed by atoms with Crippen LogP contribution < -0.4 is 16.0 Å². The second kappa shape index (κ2) is 11.6. The average molecular weight is 410 g/mol. The van der Waals surface area contributed by atoms with E-state index in [9.17, 15) is 9.59 Å². The van der Waals surface area contributed by atoms with Gasteiger partial charge in [0.25, 0.3) is 5.91 Å². The minimum atomic E-state index is -0.0742. The van der Waals surface area contributed by atoms with E-state index in [1.165, 1.54) is 12.5 Å². The highest BCUT2D eigenvalue weighted by atomic mass is 16.2. The third kappa shape index (κ3) is 7.58. The Morgan fingerprint density at radius 1 is 0.933 bits per heavy atom. The van der Waals surface area contributed by atoms with Crippen LogP contribution in [0.3, 0.4) is 0 Å². The summed E-state index contributed by atoms with van der Waals surface area (Å²) in [5.41, 5.74) is 3.68. The van der Waals surface area contributed by atoms with Gasteiger partial charge in [0.2, 0.25) is 5.91 Å². The average Bonchev–Trinajstić information content (AvgIpc) is 2.72. The molecule has 0 aromatic heterocycles. The molecule has 3 N–H and O–H groups in total. The molecule has 0 aliphatic rings. The van der Waals surface area contributed by atoms with Crippen molar-refractivity contribution in [3.63, 3.8) is 0 Å². The number of anilines is 1. The van der Waals surface area contributed by atoms with Gasteiger partial charge in [-0.25, -0.2) is 4.99 Å². The number of carbonyl (C=O) groups is 2. The van der Waals surface area contributed by atoms with Gasteiger partial charge in [-0.1, -0.05) is 24.3 Å². The summed E-state index contributed by atoms with van der Waals surface area (Å²) in [6, 6.07) is 15.3. The van der Waals surface area contributed by atoms with Crippen LogP contribution in [0.2, 0.25) is 0 Å². The Labute approximate surface area is 178 Å². The molecular weight excluding hydrogens is 378 g/mol. The van der Waals surface area contributed by atoms with E-state index in [0.717, 1.165) is 36.7 Å². The minimum absolute atomic E-state index is 0.00911. The highest BCUT2D eigenvalue weighted by Gasteiger charge is 2.07. The highest BCUT2D eigenvalue weighted by Crippen LogP contribution is 2.10. The van der Waals surface area contributed by atoms with E-state index in [-0.39, 0.29) is 11.8 Å². The van der Waals surface area contributed by atoms with Crippen LogP contribution in [0.25, 0.3) is 0 Å². The monoisotopic (exact) mass is 409 g/mol. The molecule has 7 heteroatoms. The van der Waals surface area contributed by atoms with Crippen molar-refractivity contribution in [2.24, 2.45) is 4.99 Å². The van der Waals surface area contributed by atoms with E-state index in [2.05, 4.69) is 20.9 Å². The molecule has 0 unspecified atom stereocenters. The van der Waals surface area contributed by atoms with Gasteiger partial charge in [0.05, 0.1) is 6.54 Å². The Hall–Kier alpha value is -3.35. The number of guanidine groups is 1. The molecule has 2 amide bonds. The molecule has 2 aromatic rings. The molecule has 0 radical (unpaired) electrons. The summed E-state index contributed by atoms with van der Waals surface area (Å²) < 4.78 is 0. The number of hydrogen-bond acceptors (Lipinski definition) is 3. The summed E-state index contributed by atoms with van der Waals surface area (Å²) in [6.07, 6.45) is 0.839. The van der Waals surface area contributed by atoms with Gasteiger partial charge in [-0.05, 0) is 48.7 Å². The first kappa shape index (κ1) is 22.9. The minimum Gasteiger partial charge on any atom is -0.357 e. The summed E-state index contributed by atoms with van der Waals surface area (Å²) in [7, 11) is 3.48. The van der Waals surface area contributed by atoms with Crippen molar-refractivity contribution in [1.29, 1.82) is 0 Å². The predicted octanol–water partition coefficient (Wildman–Crippen LogP) is 2.64. The summed E-state index contributed by atoms with van der Waals surface area (Å²) in [5.74, 6) is 0.667. The number of aliphatic imine (C=N–C) groups is 1. The third-order valence-electron chi connectivity index (χ3n) is 4.35. The van der Waals surface area contributed by atoms with Crippen molar-refractivity contribution in [2.45, 2.75) is 26.8 Å². The molecule has 2 aromatic carbocycles. The maximum atomic E-state index is 12.0. The van der Waals surface area contributed by atoms with Gasteiger partial charge in [0.15, 0.2) is 5.96 Å². The van der Waals surface area contributed by atoms with Crippen molar-refractivity contribution >= 4 is 23.5 Å². The molecular formula is C23H31N5O2. The first-order valence-electron chi connectivity index (χ1n) is 10.1. The Morgan fingerprint density at radius 3 is 2.13 bits per heavy atom. The topological polar surface area (TPSA) is 85.8 Å². The number of hydrogen-bond donors (Lipinski definition) is 3. The number of nitrogens with one attached hydrogen (secondary N) is 3. The third-order valence-corrected chi connectivity index (χ3v) is 4.35. The second-order valence-corrected chi connectivity index (χ2v) is 7.15. The molecule has 0 atom stereocenters. The number of benzene rings is 2. The molecule has 0 heterocycles. The van der Waals surface area contributed by atoms with Crippen LogP contribution in [-0.4, -0.2) is 49.9 Å². The lowest BCUT2D eigenvalue weighted by molar-refractivity contribution is -0.114. The lowest BCUT2D eigenvalue weighted by atomic mass is 10.1. The summed E-state index contributed by atoms with van der Waals surface area (Å²) in [5, 5.41) is 9.35. The molecule has 0 saturated carbocycles. The van der Waals surface area contributed by atoms with Gasteiger partial charge >= 0.3 is 0 Å². The fourth-order valence-corrected chi connectivity index (χ4v) is 2.81. The maximum absolute atomic E-state index is 12.0. The van der Waals surface area contributed by atoms with E-state index >= 15 is 0 Å². The molecule has 0 saturated heterocycles. The van der Waals surface area contributed by atoms with Crippen LogP contribution in [0.5, 0.6) is 0 Å². The maximum Gasteiger partial charge on any atom is 0.253 e. The van der Waals surface area contributed by atoms with E-state index in [1.807, 2.05) is 55.5 Å². The Bertz CT molecular complexity index is 858. The lowest BCUT2D eigenvalue weighted by Gasteiger charge is -2.12. The van der Waals surface area contributed by atoms with Gasteiger partial charge in [-0.2, -0.15) is 0 Å². The number of amides is 2. The molecule has 0 bridgehead atoms. The lowest BCUT2D eigenvalue weighted by Crippen LogP contribution is -2.38. The molecule has 0 aliphatic heterocycles. The zero-order chi connectivity index (χ0) is 21.9. The molecule has 0 aliphatic carbocycles. The Morgan fingerprint density at radius 2 is 1.57 bits per heavy atom. The van der Waals surface area contributed by atoms with Crippen molar-refractivity contribution in [2.75, 3.05) is 32.5 Å². The fourth-order valence-electron chi connectivity index (χ4n) is 2.81. The van der Waals surface area contributed by atoms with Gasteiger partial charge in [0.1, 0.15) is 0 Å². The quantitative estimate of drug-likeness (QED) is 0.462. The van der Waals surface area contributed by atoms with E-state index in [4.69, 9.17) is 0 Å². The van der Waals surface area contributed by atoms with Crippen molar-refractivity contribution in [3.8, 4) is 0 Å². The van der Waals surface area contributed by atoms with Gasteiger partial charge in [-0.15, -0.1) is 0 Å². The van der Waals surface area contributed by atoms with Crippen LogP contribution in [0.4, 0.5) is 5.69 Å². The Kier molecular flexibility index (Phi) is 8.87. The summed E-state index contributed by atoms with van der Waals surface area (Å²) in [6.45, 7) is 5.56. The van der Waals surface area contributed by atoms with E-state index in [0.29, 0.717) is 12.1 Å². The van der Waals surface area contributed by atoms with E-state index < -0.39 is 0 Å².